The Balaban J connectivity index is 1.91. The molecule has 1 N–H and O–H groups in total. The summed E-state index contributed by atoms with van der Waals surface area (Å²) in [7, 11) is 0. The summed E-state index contributed by atoms with van der Waals surface area (Å²) < 4.78 is 37.5. The Bertz CT molecular complexity index is 370. The summed E-state index contributed by atoms with van der Waals surface area (Å²) in [5.74, 6) is -0.0458. The van der Waals surface area contributed by atoms with Crippen LogP contribution in [0.3, 0.4) is 0 Å². The number of aliphatic hydroxyl groups is 1. The maximum atomic E-state index is 12.5. The van der Waals surface area contributed by atoms with Crippen LogP contribution in [0.4, 0.5) is 13.2 Å². The van der Waals surface area contributed by atoms with Gasteiger partial charge in [0.15, 0.2) is 5.60 Å². The molecular formula is C12H18F3NO2. The maximum absolute atomic E-state index is 12.5. The smallest absolute Gasteiger partial charge is 0.380 e. The molecule has 2 rings (SSSR count). The van der Waals surface area contributed by atoms with Gasteiger partial charge in [-0.3, -0.25) is 4.79 Å². The summed E-state index contributed by atoms with van der Waals surface area (Å²) >= 11 is 0. The largest absolute Gasteiger partial charge is 0.417 e. The predicted octanol–water partition coefficient (Wildman–Crippen LogP) is 1.95. The Morgan fingerprint density at radius 3 is 1.94 bits per heavy atom. The predicted molar refractivity (Wildman–Crippen MR) is 58.7 cm³/mol. The fourth-order valence-corrected chi connectivity index (χ4v) is 2.99. The van der Waals surface area contributed by atoms with Gasteiger partial charge in [-0.05, 0) is 12.8 Å². The Hall–Kier alpha value is -0.780. The first-order valence-electron chi connectivity index (χ1n) is 5.97. The third-order valence-electron chi connectivity index (χ3n) is 3.84. The zero-order chi connectivity index (χ0) is 14.0. The van der Waals surface area contributed by atoms with Gasteiger partial charge in [-0.25, -0.2) is 0 Å². The van der Waals surface area contributed by atoms with Crippen molar-refractivity contribution < 1.29 is 23.1 Å². The number of carbonyl (C=O) groups excluding carboxylic acids is 1. The van der Waals surface area contributed by atoms with E-state index in [1.54, 1.807) is 25.7 Å². The monoisotopic (exact) mass is 265 g/mol. The van der Waals surface area contributed by atoms with Gasteiger partial charge in [0.05, 0.1) is 0 Å². The van der Waals surface area contributed by atoms with E-state index >= 15 is 0 Å². The molecule has 0 aromatic rings. The van der Waals surface area contributed by atoms with Gasteiger partial charge in [0.2, 0.25) is 5.91 Å². The number of hydrogen-bond acceptors (Lipinski definition) is 2. The van der Waals surface area contributed by atoms with Gasteiger partial charge in [0.25, 0.3) is 0 Å². The molecule has 0 aromatic heterocycles. The van der Waals surface area contributed by atoms with Crippen molar-refractivity contribution in [1.29, 1.82) is 0 Å². The molecule has 104 valence electrons. The van der Waals surface area contributed by atoms with Gasteiger partial charge in [-0.1, -0.05) is 20.8 Å². The van der Waals surface area contributed by atoms with Gasteiger partial charge in [0, 0.05) is 23.9 Å². The first-order chi connectivity index (χ1) is 7.89. The summed E-state index contributed by atoms with van der Waals surface area (Å²) in [6, 6.07) is 0. The molecule has 2 aliphatic rings. The van der Waals surface area contributed by atoms with Crippen molar-refractivity contribution in [3.05, 3.63) is 0 Å². The van der Waals surface area contributed by atoms with Crippen LogP contribution < -0.4 is 0 Å². The number of rotatable bonds is 0. The van der Waals surface area contributed by atoms with Crippen molar-refractivity contribution in [2.45, 2.75) is 45.4 Å². The highest BCUT2D eigenvalue weighted by Gasteiger charge is 2.70. The van der Waals surface area contributed by atoms with Crippen LogP contribution in [0.5, 0.6) is 0 Å². The van der Waals surface area contributed by atoms with Gasteiger partial charge >= 0.3 is 6.18 Å². The molecule has 0 bridgehead atoms. The number of carbonyl (C=O) groups is 1. The Morgan fingerprint density at radius 2 is 1.61 bits per heavy atom. The van der Waals surface area contributed by atoms with Gasteiger partial charge in [0.1, 0.15) is 0 Å². The van der Waals surface area contributed by atoms with Crippen molar-refractivity contribution in [2.24, 2.45) is 10.8 Å². The second-order valence-corrected chi connectivity index (χ2v) is 6.79. The average Bonchev–Trinajstić information content (AvgIpc) is 2.03. The maximum Gasteiger partial charge on any atom is 0.417 e. The second kappa shape index (κ2) is 3.40. The van der Waals surface area contributed by atoms with Crippen LogP contribution in [-0.4, -0.2) is 40.8 Å². The first-order valence-corrected chi connectivity index (χ1v) is 5.97. The summed E-state index contributed by atoms with van der Waals surface area (Å²) in [5, 5.41) is 9.40. The summed E-state index contributed by atoms with van der Waals surface area (Å²) in [5.41, 5.74) is -3.55. The fraction of sp³-hybridized carbons (Fsp3) is 0.917. The van der Waals surface area contributed by atoms with E-state index in [-0.39, 0.29) is 18.7 Å². The molecule has 2 fully saturated rings. The second-order valence-electron chi connectivity index (χ2n) is 6.79. The number of likely N-dealkylation sites (tertiary alicyclic amines) is 1. The number of amides is 1. The molecule has 1 aliphatic carbocycles. The van der Waals surface area contributed by atoms with E-state index in [1.807, 2.05) is 0 Å². The van der Waals surface area contributed by atoms with Crippen molar-refractivity contribution >= 4 is 5.91 Å². The molecule has 1 heterocycles. The highest BCUT2D eigenvalue weighted by Crippen LogP contribution is 2.59. The van der Waals surface area contributed by atoms with Crippen molar-refractivity contribution in [2.75, 3.05) is 13.1 Å². The molecule has 1 amide bonds. The van der Waals surface area contributed by atoms with Crippen LogP contribution in [0.25, 0.3) is 0 Å². The zero-order valence-corrected chi connectivity index (χ0v) is 10.8. The van der Waals surface area contributed by atoms with E-state index in [2.05, 4.69) is 0 Å². The Kier molecular flexibility index (Phi) is 2.58. The van der Waals surface area contributed by atoms with Gasteiger partial charge in [-0.2, -0.15) is 13.2 Å². The summed E-state index contributed by atoms with van der Waals surface area (Å²) in [6.45, 7) is 6.02. The third-order valence-corrected chi connectivity index (χ3v) is 3.84. The lowest BCUT2D eigenvalue weighted by Gasteiger charge is -2.62. The quantitative estimate of drug-likeness (QED) is 0.727. The van der Waals surface area contributed by atoms with E-state index in [1.165, 1.54) is 0 Å². The van der Waals surface area contributed by atoms with Crippen LogP contribution in [0.1, 0.15) is 33.6 Å². The SMILES string of the molecule is CC(C)(C)C(=O)N1CC2(C1)CC(O)(C(F)(F)F)C2. The van der Waals surface area contributed by atoms with Crippen LogP contribution in [0, 0.1) is 10.8 Å². The molecule has 0 unspecified atom stereocenters. The Morgan fingerprint density at radius 1 is 1.17 bits per heavy atom. The molecular weight excluding hydrogens is 247 g/mol. The topological polar surface area (TPSA) is 40.5 Å². The highest BCUT2D eigenvalue weighted by atomic mass is 19.4. The lowest BCUT2D eigenvalue weighted by Crippen LogP contribution is -2.73. The molecule has 6 heteroatoms. The number of hydrogen-bond donors (Lipinski definition) is 1. The van der Waals surface area contributed by atoms with Gasteiger partial charge < -0.3 is 10.0 Å². The minimum absolute atomic E-state index is 0.0458. The normalized spacial score (nSPS) is 25.6. The first kappa shape index (κ1) is 13.6. The molecule has 1 aliphatic heterocycles. The average molecular weight is 265 g/mol. The van der Waals surface area contributed by atoms with Gasteiger partial charge in [-0.15, -0.1) is 0 Å². The minimum atomic E-state index is -4.56. The minimum Gasteiger partial charge on any atom is -0.380 e. The van der Waals surface area contributed by atoms with Crippen molar-refractivity contribution in [3.8, 4) is 0 Å². The van der Waals surface area contributed by atoms with E-state index < -0.39 is 22.6 Å². The molecule has 1 saturated carbocycles. The number of halogens is 3. The van der Waals surface area contributed by atoms with Crippen LogP contribution in [-0.2, 0) is 4.79 Å². The molecule has 18 heavy (non-hydrogen) atoms. The number of alkyl halides is 3. The van der Waals surface area contributed by atoms with Crippen molar-refractivity contribution in [1.82, 2.24) is 4.90 Å². The molecule has 0 radical (unpaired) electrons. The third kappa shape index (κ3) is 1.90. The van der Waals surface area contributed by atoms with Crippen LogP contribution >= 0.6 is 0 Å². The van der Waals surface area contributed by atoms with E-state index in [0.717, 1.165) is 0 Å². The molecule has 3 nitrogen and oxygen atoms in total. The summed E-state index contributed by atoms with van der Waals surface area (Å²) in [4.78, 5) is 13.5. The van der Waals surface area contributed by atoms with E-state index in [4.69, 9.17) is 0 Å². The van der Waals surface area contributed by atoms with E-state index in [0.29, 0.717) is 13.1 Å². The zero-order valence-electron chi connectivity index (χ0n) is 10.8. The van der Waals surface area contributed by atoms with E-state index in [9.17, 15) is 23.1 Å². The van der Waals surface area contributed by atoms with Crippen molar-refractivity contribution in [3.63, 3.8) is 0 Å². The molecule has 0 aromatic carbocycles. The lowest BCUT2D eigenvalue weighted by atomic mass is 9.54. The Labute approximate surface area is 104 Å². The highest BCUT2D eigenvalue weighted by molar-refractivity contribution is 5.82. The fourth-order valence-electron chi connectivity index (χ4n) is 2.99. The van der Waals surface area contributed by atoms with Crippen LogP contribution in [0.2, 0.25) is 0 Å². The standard InChI is InChI=1S/C12H18F3NO2/c1-9(2,3)8(17)16-6-10(7-16)4-11(18,5-10)12(13,14)15/h18H,4-7H2,1-3H3. The molecule has 0 atom stereocenters. The molecule has 1 spiro atoms. The number of nitrogens with zero attached hydrogens (tertiary/aromatic N) is 1. The summed E-state index contributed by atoms with van der Waals surface area (Å²) in [6.07, 6.45) is -5.12. The molecule has 1 saturated heterocycles. The lowest BCUT2D eigenvalue weighted by molar-refractivity contribution is -0.330. The van der Waals surface area contributed by atoms with Crippen LogP contribution in [0.15, 0.2) is 0 Å².